The number of aryl methyl sites for hydroxylation is 2. The van der Waals surface area contributed by atoms with E-state index in [1.54, 1.807) is 0 Å². The molecule has 0 radical (unpaired) electrons. The Hall–Kier alpha value is -0.900. The third-order valence-electron chi connectivity index (χ3n) is 3.81. The van der Waals surface area contributed by atoms with Crippen LogP contribution in [0.5, 0.6) is 0 Å². The molecule has 2 N–H and O–H groups in total. The summed E-state index contributed by atoms with van der Waals surface area (Å²) in [6, 6.07) is 6.56. The summed E-state index contributed by atoms with van der Waals surface area (Å²) in [5.74, 6) is -0.688. The average Bonchev–Trinajstić information content (AvgIpc) is 2.88. The van der Waals surface area contributed by atoms with E-state index >= 15 is 0 Å². The fraction of sp³-hybridized carbons (Fsp3) is 0.571. The molecule has 3 heteroatoms. The van der Waals surface area contributed by atoms with Crippen LogP contribution >= 0.6 is 0 Å². The van der Waals surface area contributed by atoms with E-state index in [4.69, 9.17) is 15.2 Å². The molecule has 1 fully saturated rings. The van der Waals surface area contributed by atoms with Crippen molar-refractivity contribution >= 4 is 0 Å². The van der Waals surface area contributed by atoms with Crippen LogP contribution in [0.3, 0.4) is 0 Å². The lowest BCUT2D eigenvalue weighted by molar-refractivity contribution is -0.157. The molecule has 0 saturated carbocycles. The van der Waals surface area contributed by atoms with Crippen LogP contribution in [0.2, 0.25) is 0 Å². The van der Waals surface area contributed by atoms with E-state index in [1.165, 1.54) is 36.8 Å². The molecule has 0 amide bonds. The van der Waals surface area contributed by atoms with E-state index in [9.17, 15) is 0 Å². The van der Waals surface area contributed by atoms with Crippen LogP contribution in [0.15, 0.2) is 18.2 Å². The van der Waals surface area contributed by atoms with Crippen LogP contribution in [-0.2, 0) is 28.1 Å². The minimum atomic E-state index is -0.688. The van der Waals surface area contributed by atoms with Gasteiger partial charge in [-0.2, -0.15) is 0 Å². The monoisotopic (exact) mass is 233 g/mol. The molecule has 1 aliphatic heterocycles. The largest absolute Gasteiger partial charge is 0.342 e. The molecule has 0 aromatic heterocycles. The first-order valence-corrected chi connectivity index (χ1v) is 6.44. The van der Waals surface area contributed by atoms with Crippen molar-refractivity contribution in [3.63, 3.8) is 0 Å². The Morgan fingerprint density at radius 3 is 2.47 bits per heavy atom. The molecule has 1 heterocycles. The third-order valence-corrected chi connectivity index (χ3v) is 3.81. The molecule has 1 aromatic rings. The SMILES string of the molecule is NCC1(c2ccc3c(c2)CCCC3)OCCO1. The number of hydrogen-bond acceptors (Lipinski definition) is 3. The van der Waals surface area contributed by atoms with Gasteiger partial charge in [0.15, 0.2) is 0 Å². The molecule has 0 bridgehead atoms. The molecule has 92 valence electrons. The van der Waals surface area contributed by atoms with Gasteiger partial charge in [0.25, 0.3) is 0 Å². The van der Waals surface area contributed by atoms with Gasteiger partial charge in [0.1, 0.15) is 0 Å². The van der Waals surface area contributed by atoms with Crippen molar-refractivity contribution in [2.45, 2.75) is 31.5 Å². The van der Waals surface area contributed by atoms with Crippen molar-refractivity contribution in [1.82, 2.24) is 0 Å². The van der Waals surface area contributed by atoms with E-state index in [0.717, 1.165) is 5.56 Å². The molecule has 0 unspecified atom stereocenters. The lowest BCUT2D eigenvalue weighted by atomic mass is 9.89. The Morgan fingerprint density at radius 1 is 1.06 bits per heavy atom. The van der Waals surface area contributed by atoms with Crippen LogP contribution in [0.4, 0.5) is 0 Å². The molecule has 1 aliphatic carbocycles. The Morgan fingerprint density at radius 2 is 1.76 bits per heavy atom. The molecule has 3 nitrogen and oxygen atoms in total. The summed E-state index contributed by atoms with van der Waals surface area (Å²) in [7, 11) is 0. The molecular formula is C14H19NO2. The minimum absolute atomic E-state index is 0.381. The van der Waals surface area contributed by atoms with Gasteiger partial charge in [0.05, 0.1) is 19.8 Å². The number of fused-ring (bicyclic) bond motifs is 1. The van der Waals surface area contributed by atoms with E-state index in [2.05, 4.69) is 18.2 Å². The predicted molar refractivity (Wildman–Crippen MR) is 65.7 cm³/mol. The van der Waals surface area contributed by atoms with Gasteiger partial charge in [0.2, 0.25) is 5.79 Å². The zero-order valence-electron chi connectivity index (χ0n) is 10.1. The molecule has 3 rings (SSSR count). The van der Waals surface area contributed by atoms with E-state index in [-0.39, 0.29) is 0 Å². The molecular weight excluding hydrogens is 214 g/mol. The van der Waals surface area contributed by atoms with Gasteiger partial charge in [-0.1, -0.05) is 18.2 Å². The van der Waals surface area contributed by atoms with Gasteiger partial charge >= 0.3 is 0 Å². The van der Waals surface area contributed by atoms with Gasteiger partial charge in [-0.05, 0) is 36.8 Å². The Kier molecular flexibility index (Phi) is 2.90. The van der Waals surface area contributed by atoms with E-state index in [0.29, 0.717) is 19.8 Å². The highest BCUT2D eigenvalue weighted by molar-refractivity contribution is 5.36. The molecule has 1 saturated heterocycles. The minimum Gasteiger partial charge on any atom is -0.342 e. The van der Waals surface area contributed by atoms with Crippen molar-refractivity contribution in [3.8, 4) is 0 Å². The highest BCUT2D eigenvalue weighted by Crippen LogP contribution is 2.33. The zero-order valence-corrected chi connectivity index (χ0v) is 10.1. The van der Waals surface area contributed by atoms with Gasteiger partial charge in [-0.25, -0.2) is 0 Å². The van der Waals surface area contributed by atoms with Gasteiger partial charge in [0, 0.05) is 5.56 Å². The summed E-state index contributed by atoms with van der Waals surface area (Å²) in [5.41, 5.74) is 9.83. The first kappa shape index (κ1) is 11.2. The molecule has 0 atom stereocenters. The lowest BCUT2D eigenvalue weighted by Crippen LogP contribution is -2.36. The maximum absolute atomic E-state index is 5.83. The quantitative estimate of drug-likeness (QED) is 0.846. The first-order chi connectivity index (χ1) is 8.34. The Labute approximate surface area is 102 Å². The van der Waals surface area contributed by atoms with Gasteiger partial charge in [-0.15, -0.1) is 0 Å². The number of rotatable bonds is 2. The van der Waals surface area contributed by atoms with Crippen LogP contribution in [0.1, 0.15) is 29.5 Å². The first-order valence-electron chi connectivity index (χ1n) is 6.44. The maximum Gasteiger partial charge on any atom is 0.207 e. The van der Waals surface area contributed by atoms with Crippen molar-refractivity contribution < 1.29 is 9.47 Å². The van der Waals surface area contributed by atoms with Crippen molar-refractivity contribution in [2.24, 2.45) is 5.73 Å². The van der Waals surface area contributed by atoms with E-state index in [1.807, 2.05) is 0 Å². The van der Waals surface area contributed by atoms with Gasteiger partial charge < -0.3 is 15.2 Å². The molecule has 17 heavy (non-hydrogen) atoms. The third kappa shape index (κ3) is 1.88. The standard InChI is InChI=1S/C14H19NO2/c15-10-14(16-7-8-17-14)13-6-5-11-3-1-2-4-12(11)9-13/h5-6,9H,1-4,7-8,10,15H2. The Bertz CT molecular complexity index is 411. The topological polar surface area (TPSA) is 44.5 Å². The molecule has 0 spiro atoms. The summed E-state index contributed by atoms with van der Waals surface area (Å²) >= 11 is 0. The normalized spacial score (nSPS) is 22.4. The highest BCUT2D eigenvalue weighted by atomic mass is 16.7. The van der Waals surface area contributed by atoms with Crippen molar-refractivity contribution in [1.29, 1.82) is 0 Å². The smallest absolute Gasteiger partial charge is 0.207 e. The second-order valence-electron chi connectivity index (χ2n) is 4.84. The second-order valence-corrected chi connectivity index (χ2v) is 4.84. The molecule has 2 aliphatic rings. The fourth-order valence-electron chi connectivity index (χ4n) is 2.83. The van der Waals surface area contributed by atoms with Crippen molar-refractivity contribution in [3.05, 3.63) is 34.9 Å². The van der Waals surface area contributed by atoms with Crippen LogP contribution in [-0.4, -0.2) is 19.8 Å². The number of nitrogens with two attached hydrogens (primary N) is 1. The summed E-state index contributed by atoms with van der Waals surface area (Å²) in [4.78, 5) is 0. The van der Waals surface area contributed by atoms with Crippen LogP contribution < -0.4 is 5.73 Å². The second kappa shape index (κ2) is 4.41. The lowest BCUT2D eigenvalue weighted by Gasteiger charge is -2.28. The summed E-state index contributed by atoms with van der Waals surface area (Å²) < 4.78 is 11.4. The number of hydrogen-bond donors (Lipinski definition) is 1. The highest BCUT2D eigenvalue weighted by Gasteiger charge is 2.37. The fourth-order valence-corrected chi connectivity index (χ4v) is 2.83. The number of ether oxygens (including phenoxy) is 2. The summed E-state index contributed by atoms with van der Waals surface area (Å²) in [5, 5.41) is 0. The maximum atomic E-state index is 5.83. The Balaban J connectivity index is 1.97. The predicted octanol–water partition coefficient (Wildman–Crippen LogP) is 1.72. The van der Waals surface area contributed by atoms with Crippen molar-refractivity contribution in [2.75, 3.05) is 19.8 Å². The summed E-state index contributed by atoms with van der Waals surface area (Å²) in [6.07, 6.45) is 4.96. The van der Waals surface area contributed by atoms with Crippen LogP contribution in [0.25, 0.3) is 0 Å². The van der Waals surface area contributed by atoms with E-state index < -0.39 is 5.79 Å². The van der Waals surface area contributed by atoms with Crippen LogP contribution in [0, 0.1) is 0 Å². The molecule has 1 aromatic carbocycles. The summed E-state index contributed by atoms with van der Waals surface area (Å²) in [6.45, 7) is 1.65. The average molecular weight is 233 g/mol. The van der Waals surface area contributed by atoms with Gasteiger partial charge in [-0.3, -0.25) is 0 Å². The number of benzene rings is 1. The zero-order chi connectivity index (χ0) is 11.7.